The van der Waals surface area contributed by atoms with E-state index in [1.54, 1.807) is 0 Å². The van der Waals surface area contributed by atoms with Gasteiger partial charge in [0.15, 0.2) is 0 Å². The number of hydrogen-bond acceptors (Lipinski definition) is 27. The molecule has 0 aliphatic carbocycles. The minimum atomic E-state index is -0.382. The zero-order valence-electron chi connectivity index (χ0n) is 91.3. The molecule has 3 aromatic rings. The Bertz CT molecular complexity index is 3850. The van der Waals surface area contributed by atoms with E-state index in [1.807, 2.05) is 24.3 Å². The van der Waals surface area contributed by atoms with Crippen molar-refractivity contribution in [2.24, 2.45) is 0 Å². The summed E-state index contributed by atoms with van der Waals surface area (Å²) in [6.07, 6.45) is 39.8. The van der Waals surface area contributed by atoms with Crippen molar-refractivity contribution in [3.8, 4) is 0 Å². The maximum atomic E-state index is 6.81. The fraction of sp³-hybridized carbons (Fsp3) is 0.843. The van der Waals surface area contributed by atoms with Crippen molar-refractivity contribution in [3.63, 3.8) is 0 Å². The third-order valence-corrected chi connectivity index (χ3v) is 28.9. The molecule has 0 radical (unpaired) electrons. The lowest BCUT2D eigenvalue weighted by Gasteiger charge is -2.56. The normalized spacial score (nSPS) is 20.4. The zero-order valence-corrected chi connectivity index (χ0v) is 91.3. The van der Waals surface area contributed by atoms with Crippen LogP contribution in [0.4, 0.5) is 47.6 Å². The predicted molar refractivity (Wildman–Crippen MR) is 566 cm³/mol. The van der Waals surface area contributed by atoms with Gasteiger partial charge in [-0.2, -0.15) is 70.2 Å². The maximum Gasteiger partial charge on any atom is 0.232 e. The summed E-state index contributed by atoms with van der Waals surface area (Å²) in [6, 6.07) is 0.466. The Morgan fingerprint density at radius 1 is 0.259 bits per heavy atom. The van der Waals surface area contributed by atoms with Gasteiger partial charge in [0.05, 0.1) is 33.0 Å². The van der Waals surface area contributed by atoms with Gasteiger partial charge in [0, 0.05) is 159 Å². The third kappa shape index (κ3) is 32.0. The van der Waals surface area contributed by atoms with Gasteiger partial charge < -0.3 is 39.2 Å². The number of rotatable bonds is 63. The molecule has 0 saturated carbocycles. The topological polar surface area (TPSA) is 204 Å². The van der Waals surface area contributed by atoms with E-state index in [9.17, 15) is 0 Å². The predicted octanol–water partition coefficient (Wildman–Crippen LogP) is 23.3. The first-order valence-corrected chi connectivity index (χ1v) is 54.0. The van der Waals surface area contributed by atoms with Gasteiger partial charge in [-0.1, -0.05) is 150 Å². The van der Waals surface area contributed by atoms with Crippen LogP contribution in [0.25, 0.3) is 0 Å². The Kier molecular flexibility index (Phi) is 45.0. The molecule has 8 rings (SSSR count). The second-order valence-corrected chi connectivity index (χ2v) is 45.8. The monoisotopic (exact) mass is 1880 g/mol. The third-order valence-electron chi connectivity index (χ3n) is 28.9. The molecule has 1 atom stereocenters. The summed E-state index contributed by atoms with van der Waals surface area (Å²) in [5.41, 5.74) is -2.92. The smallest absolute Gasteiger partial charge is 0.232 e. The number of aromatic nitrogens is 9. The first-order valence-electron chi connectivity index (χ1n) is 54.0. The molecular weight excluding hydrogens is 1690 g/mol. The van der Waals surface area contributed by atoms with E-state index < -0.39 is 0 Å². The highest BCUT2D eigenvalue weighted by atomic mass is 16.7. The summed E-state index contributed by atoms with van der Waals surface area (Å²) < 4.78 is 0. The number of unbranched alkanes of at least 4 members (excludes halogenated alkanes) is 13. The molecule has 5 aliphatic heterocycles. The van der Waals surface area contributed by atoms with E-state index >= 15 is 0 Å². The Hall–Kier alpha value is -6.01. The fourth-order valence-electron chi connectivity index (χ4n) is 23.3. The lowest BCUT2D eigenvalue weighted by atomic mass is 9.78. The van der Waals surface area contributed by atoms with Gasteiger partial charge in [-0.05, 0) is 273 Å². The lowest BCUT2D eigenvalue weighted by molar-refractivity contribution is -0.282. The number of nitrogens with zero attached hydrogens (tertiary/aromatic N) is 22. The Labute approximate surface area is 823 Å². The van der Waals surface area contributed by atoms with Crippen LogP contribution in [0.2, 0.25) is 0 Å². The van der Waals surface area contributed by atoms with Crippen molar-refractivity contribution in [1.82, 2.24) is 70.2 Å². The van der Waals surface area contributed by atoms with Crippen molar-refractivity contribution >= 4 is 47.6 Å². The molecule has 135 heavy (non-hydrogen) atoms. The van der Waals surface area contributed by atoms with Gasteiger partial charge in [0.2, 0.25) is 47.6 Å². The van der Waals surface area contributed by atoms with Crippen molar-refractivity contribution in [2.75, 3.05) is 151 Å². The van der Waals surface area contributed by atoms with E-state index in [0.717, 1.165) is 344 Å². The minimum Gasteiger partial charge on any atom is -0.341 e. The van der Waals surface area contributed by atoms with Crippen LogP contribution in [-0.4, -0.2) is 262 Å². The van der Waals surface area contributed by atoms with Crippen molar-refractivity contribution in [1.29, 1.82) is 0 Å². The number of hydroxylamine groups is 10. The van der Waals surface area contributed by atoms with E-state index in [0.29, 0.717) is 33.0 Å². The molecule has 770 valence electrons. The molecule has 8 heterocycles. The first-order chi connectivity index (χ1) is 64.0. The van der Waals surface area contributed by atoms with E-state index in [-0.39, 0.29) is 80.1 Å². The number of aryl methyl sites for hydroxylation is 1. The largest absolute Gasteiger partial charge is 0.341 e. The zero-order chi connectivity index (χ0) is 99.2. The molecule has 5 fully saturated rings. The van der Waals surface area contributed by atoms with Crippen LogP contribution in [0.1, 0.15) is 398 Å². The van der Waals surface area contributed by atoms with Crippen LogP contribution in [0.5, 0.6) is 0 Å². The highest BCUT2D eigenvalue weighted by Gasteiger charge is 2.54. The number of hydrogen-bond donors (Lipinski definition) is 0. The standard InChI is InChI=1S/C108H198N22O5/c1-32-44-60-118(61-45-33-2)92-109-86(13)110-95(112-92)123(89-80-103(20,21)128(133-74-41-10)104(22,23)81-89)68-56-53-54-58-70-125(91-84-107(28,29)130(135-76-43-12)108(30,31)85-91)99-116-97(115-98(117-99)122(66-50-38-7)88-78-101(16,17)127(132-73-40-9)102(18,19)79-88)121(87-59-71-126(131-72-39-8)100(14,15)77-87)67-55-51-52-57-69-124(90-82-105(24,25)129(134-75-42-11)106(26,27)83-90)96-113-93(119(62-46-34-3)63-47-35-4)111-94(114-96)120(64-48-36-5)65-49-37-6/h39,41-43,87-91H,8,10-12,32-38,40,44-85H2,1-7,9,13-31H3. The molecule has 5 saturated heterocycles. The Morgan fingerprint density at radius 2 is 0.474 bits per heavy atom. The van der Waals surface area contributed by atoms with Gasteiger partial charge in [0.25, 0.3) is 0 Å². The fourth-order valence-corrected chi connectivity index (χ4v) is 23.3. The molecule has 27 heteroatoms. The second kappa shape index (κ2) is 53.2. The highest BCUT2D eigenvalue weighted by Crippen LogP contribution is 2.48. The SMILES string of the molecule is C=CCON1CCC(N(CCCCCCN(c2nc(N(CCCC)CCCC)nc(N(CCCC)CCCC)n2)C2CC(C)(C)N(OCC=C)C(C)(C)C2)c2nc(N(CCCCCCN(c3nc(C)nc(N(CCCC)CCCC)n3)C3CC(C)(C)N(OCC=C)C(C)(C)C3)C3CC(C)(C)N(OCC=C)C(C)(C)C3)nc(N(CCCC)C3CC(C)(C)N(OCCC)C(C)(C)C3)n2)CC1(C)C. The van der Waals surface area contributed by atoms with Gasteiger partial charge in [-0.15, -0.1) is 26.3 Å². The summed E-state index contributed by atoms with van der Waals surface area (Å²) in [5.74, 6) is 7.03. The van der Waals surface area contributed by atoms with E-state index in [2.05, 4.69) is 278 Å². The summed E-state index contributed by atoms with van der Waals surface area (Å²) in [4.78, 5) is 105. The van der Waals surface area contributed by atoms with E-state index in [1.165, 1.54) is 0 Å². The Balaban J connectivity index is 1.26. The highest BCUT2D eigenvalue weighted by molar-refractivity contribution is 5.51. The molecule has 0 bridgehead atoms. The Morgan fingerprint density at radius 3 is 0.741 bits per heavy atom. The molecule has 0 N–H and O–H groups in total. The molecule has 0 amide bonds. The average Bonchev–Trinajstić information content (AvgIpc) is 0.757. The average molecular weight is 1880 g/mol. The quantitative estimate of drug-likeness (QED) is 0.0381. The van der Waals surface area contributed by atoms with Crippen LogP contribution in [0.15, 0.2) is 50.6 Å². The van der Waals surface area contributed by atoms with Crippen molar-refractivity contribution < 1.29 is 24.2 Å². The molecule has 0 spiro atoms. The number of piperidine rings is 5. The van der Waals surface area contributed by atoms with Crippen molar-refractivity contribution in [3.05, 3.63) is 56.4 Å². The first kappa shape index (κ1) is 114. The van der Waals surface area contributed by atoms with Gasteiger partial charge >= 0.3 is 0 Å². The van der Waals surface area contributed by atoms with Crippen LogP contribution in [0, 0.1) is 6.92 Å². The second-order valence-electron chi connectivity index (χ2n) is 45.8. The molecule has 0 aromatic carbocycles. The van der Waals surface area contributed by atoms with Crippen LogP contribution >= 0.6 is 0 Å². The van der Waals surface area contributed by atoms with Gasteiger partial charge in [-0.25, -0.2) is 0 Å². The molecule has 3 aromatic heterocycles. The van der Waals surface area contributed by atoms with Crippen LogP contribution < -0.4 is 39.2 Å². The molecular formula is C108H198N22O5. The van der Waals surface area contributed by atoms with Crippen LogP contribution in [0.3, 0.4) is 0 Å². The van der Waals surface area contributed by atoms with Crippen molar-refractivity contribution in [2.45, 2.75) is 479 Å². The van der Waals surface area contributed by atoms with Gasteiger partial charge in [-0.3, -0.25) is 24.2 Å². The maximum absolute atomic E-state index is 6.81. The summed E-state index contributed by atoms with van der Waals surface area (Å²) in [6.45, 7) is 91.7. The lowest BCUT2D eigenvalue weighted by Crippen LogP contribution is -2.64. The van der Waals surface area contributed by atoms with Gasteiger partial charge in [0.1, 0.15) is 5.82 Å². The minimum absolute atomic E-state index is 0.0342. The summed E-state index contributed by atoms with van der Waals surface area (Å²) in [7, 11) is 0. The summed E-state index contributed by atoms with van der Waals surface area (Å²) >= 11 is 0. The molecule has 1 unspecified atom stereocenters. The van der Waals surface area contributed by atoms with E-state index in [4.69, 9.17) is 69.0 Å². The van der Waals surface area contributed by atoms with Crippen LogP contribution in [-0.2, 0) is 24.2 Å². The molecule has 5 aliphatic rings. The molecule has 27 nitrogen and oxygen atoms in total. The number of anilines is 8. The summed E-state index contributed by atoms with van der Waals surface area (Å²) in [5, 5.41) is 11.3.